The summed E-state index contributed by atoms with van der Waals surface area (Å²) in [7, 11) is 0. The van der Waals surface area contributed by atoms with E-state index < -0.39 is 17.5 Å². The molecule has 1 heterocycles. The first-order valence-corrected chi connectivity index (χ1v) is 6.68. The molecule has 0 bridgehead atoms. The van der Waals surface area contributed by atoms with Crippen LogP contribution in [-0.4, -0.2) is 36.6 Å². The first kappa shape index (κ1) is 14.7. The van der Waals surface area contributed by atoms with Gasteiger partial charge in [0.15, 0.2) is 5.82 Å². The minimum Gasteiger partial charge on any atom is -0.396 e. The minimum absolute atomic E-state index is 0.0344. The van der Waals surface area contributed by atoms with Gasteiger partial charge in [0.2, 0.25) is 0 Å². The lowest BCUT2D eigenvalue weighted by Crippen LogP contribution is -2.37. The van der Waals surface area contributed by atoms with Crippen molar-refractivity contribution in [2.75, 3.05) is 25.4 Å². The van der Waals surface area contributed by atoms with Crippen LogP contribution in [0, 0.1) is 11.6 Å². The van der Waals surface area contributed by atoms with Gasteiger partial charge in [-0.15, -0.1) is 0 Å². The monoisotopic (exact) mass is 284 g/mol. The summed E-state index contributed by atoms with van der Waals surface area (Å²) in [6.07, 6.45) is 1.79. The fourth-order valence-electron chi connectivity index (χ4n) is 2.33. The normalized spacial score (nSPS) is 18.2. The molecule has 1 saturated heterocycles. The molecule has 1 atom stereocenters. The molecule has 2 N–H and O–H groups in total. The van der Waals surface area contributed by atoms with E-state index >= 15 is 0 Å². The average molecular weight is 284 g/mol. The van der Waals surface area contributed by atoms with Gasteiger partial charge < -0.3 is 15.4 Å². The summed E-state index contributed by atoms with van der Waals surface area (Å²) in [6.45, 7) is 3.24. The number of likely N-dealkylation sites (N-methyl/N-ethyl adjacent to an activating group) is 1. The van der Waals surface area contributed by atoms with Crippen LogP contribution >= 0.6 is 0 Å². The zero-order valence-corrected chi connectivity index (χ0v) is 11.4. The highest BCUT2D eigenvalue weighted by Gasteiger charge is 2.25. The van der Waals surface area contributed by atoms with Gasteiger partial charge in [0.05, 0.1) is 17.4 Å². The summed E-state index contributed by atoms with van der Waals surface area (Å²) in [5.41, 5.74) is 4.66. The SMILES string of the molecule is CCN(CC1CCCO1)C(=O)c1cc(F)cc(N)c1F. The van der Waals surface area contributed by atoms with Crippen molar-refractivity contribution in [1.82, 2.24) is 4.90 Å². The predicted octanol–water partition coefficient (Wildman–Crippen LogP) is 2.19. The molecule has 1 aromatic rings. The van der Waals surface area contributed by atoms with E-state index in [-0.39, 0.29) is 17.4 Å². The Kier molecular flexibility index (Phi) is 4.54. The molecular formula is C14H18F2N2O2. The number of nitrogens with zero attached hydrogens (tertiary/aromatic N) is 1. The molecule has 1 unspecified atom stereocenters. The van der Waals surface area contributed by atoms with E-state index in [0.29, 0.717) is 19.7 Å². The topological polar surface area (TPSA) is 55.6 Å². The Balaban J connectivity index is 2.19. The molecule has 20 heavy (non-hydrogen) atoms. The molecule has 0 aliphatic carbocycles. The van der Waals surface area contributed by atoms with Crippen LogP contribution < -0.4 is 5.73 Å². The van der Waals surface area contributed by atoms with Gasteiger partial charge in [0.25, 0.3) is 5.91 Å². The largest absolute Gasteiger partial charge is 0.396 e. The Morgan fingerprint density at radius 3 is 2.85 bits per heavy atom. The molecule has 2 rings (SSSR count). The first-order valence-electron chi connectivity index (χ1n) is 6.68. The zero-order valence-electron chi connectivity index (χ0n) is 11.4. The van der Waals surface area contributed by atoms with Gasteiger partial charge >= 0.3 is 0 Å². The van der Waals surface area contributed by atoms with Crippen LogP contribution in [0.4, 0.5) is 14.5 Å². The molecule has 0 radical (unpaired) electrons. The number of carbonyl (C=O) groups excluding carboxylic acids is 1. The van der Waals surface area contributed by atoms with Crippen molar-refractivity contribution >= 4 is 11.6 Å². The van der Waals surface area contributed by atoms with Crippen LogP contribution in [0.2, 0.25) is 0 Å². The third-order valence-electron chi connectivity index (χ3n) is 3.41. The highest BCUT2D eigenvalue weighted by Crippen LogP contribution is 2.20. The molecule has 0 saturated carbocycles. The quantitative estimate of drug-likeness (QED) is 0.862. The Labute approximate surface area is 116 Å². The van der Waals surface area contributed by atoms with Crippen LogP contribution in [0.15, 0.2) is 12.1 Å². The molecular weight excluding hydrogens is 266 g/mol. The highest BCUT2D eigenvalue weighted by molar-refractivity contribution is 5.95. The van der Waals surface area contributed by atoms with Gasteiger partial charge in [0.1, 0.15) is 5.82 Å². The number of ether oxygens (including phenoxy) is 1. The zero-order chi connectivity index (χ0) is 14.7. The first-order chi connectivity index (χ1) is 9.52. The summed E-state index contributed by atoms with van der Waals surface area (Å²) < 4.78 is 32.6. The maximum absolute atomic E-state index is 13.9. The number of rotatable bonds is 4. The lowest BCUT2D eigenvalue weighted by molar-refractivity contribution is 0.0535. The number of nitrogens with two attached hydrogens (primary N) is 1. The van der Waals surface area contributed by atoms with E-state index in [0.717, 1.165) is 25.0 Å². The third-order valence-corrected chi connectivity index (χ3v) is 3.41. The fraction of sp³-hybridized carbons (Fsp3) is 0.500. The van der Waals surface area contributed by atoms with Gasteiger partial charge in [-0.25, -0.2) is 8.78 Å². The van der Waals surface area contributed by atoms with E-state index in [9.17, 15) is 13.6 Å². The number of hydrogen-bond acceptors (Lipinski definition) is 3. The van der Waals surface area contributed by atoms with E-state index in [1.54, 1.807) is 6.92 Å². The number of amides is 1. The Morgan fingerprint density at radius 1 is 1.50 bits per heavy atom. The van der Waals surface area contributed by atoms with Gasteiger partial charge in [0, 0.05) is 19.7 Å². The van der Waals surface area contributed by atoms with Crippen molar-refractivity contribution in [3.63, 3.8) is 0 Å². The smallest absolute Gasteiger partial charge is 0.257 e. The van der Waals surface area contributed by atoms with Crippen molar-refractivity contribution in [3.05, 3.63) is 29.3 Å². The molecule has 0 spiro atoms. The molecule has 110 valence electrons. The third kappa shape index (κ3) is 3.07. The molecule has 1 amide bonds. The Morgan fingerprint density at radius 2 is 2.25 bits per heavy atom. The number of halogens is 2. The number of benzene rings is 1. The maximum Gasteiger partial charge on any atom is 0.257 e. The summed E-state index contributed by atoms with van der Waals surface area (Å²) in [5, 5.41) is 0. The van der Waals surface area contributed by atoms with E-state index in [4.69, 9.17) is 10.5 Å². The van der Waals surface area contributed by atoms with Gasteiger partial charge in [-0.05, 0) is 31.9 Å². The van der Waals surface area contributed by atoms with Crippen LogP contribution in [0.5, 0.6) is 0 Å². The summed E-state index contributed by atoms with van der Waals surface area (Å²) in [4.78, 5) is 13.7. The summed E-state index contributed by atoms with van der Waals surface area (Å²) >= 11 is 0. The molecule has 6 heteroatoms. The second-order valence-electron chi connectivity index (χ2n) is 4.84. The van der Waals surface area contributed by atoms with Crippen LogP contribution in [0.1, 0.15) is 30.1 Å². The average Bonchev–Trinajstić information content (AvgIpc) is 2.92. The van der Waals surface area contributed by atoms with Gasteiger partial charge in [-0.3, -0.25) is 4.79 Å². The van der Waals surface area contributed by atoms with Gasteiger partial charge in [-0.1, -0.05) is 0 Å². The fourth-order valence-corrected chi connectivity index (χ4v) is 2.33. The van der Waals surface area contributed by atoms with E-state index in [1.165, 1.54) is 4.90 Å². The lowest BCUT2D eigenvalue weighted by Gasteiger charge is -2.24. The molecule has 4 nitrogen and oxygen atoms in total. The highest BCUT2D eigenvalue weighted by atomic mass is 19.1. The van der Waals surface area contributed by atoms with E-state index in [2.05, 4.69) is 0 Å². The van der Waals surface area contributed by atoms with Crippen molar-refractivity contribution in [2.24, 2.45) is 0 Å². The Hall–Kier alpha value is -1.69. The second kappa shape index (κ2) is 6.17. The van der Waals surface area contributed by atoms with Crippen molar-refractivity contribution in [3.8, 4) is 0 Å². The number of hydrogen-bond donors (Lipinski definition) is 1. The minimum atomic E-state index is -0.873. The summed E-state index contributed by atoms with van der Waals surface area (Å²) in [6, 6.07) is 1.74. The molecule has 0 aromatic heterocycles. The van der Waals surface area contributed by atoms with Crippen molar-refractivity contribution in [1.29, 1.82) is 0 Å². The van der Waals surface area contributed by atoms with Crippen LogP contribution in [-0.2, 0) is 4.74 Å². The van der Waals surface area contributed by atoms with Crippen LogP contribution in [0.3, 0.4) is 0 Å². The standard InChI is InChI=1S/C14H18F2N2O2/c1-2-18(8-10-4-3-5-20-10)14(19)11-6-9(15)7-12(17)13(11)16/h6-7,10H,2-5,8,17H2,1H3. The maximum atomic E-state index is 13.9. The van der Waals surface area contributed by atoms with Gasteiger partial charge in [-0.2, -0.15) is 0 Å². The molecule has 1 aliphatic rings. The van der Waals surface area contributed by atoms with E-state index in [1.807, 2.05) is 0 Å². The number of anilines is 1. The molecule has 1 fully saturated rings. The molecule has 1 aromatic carbocycles. The van der Waals surface area contributed by atoms with Crippen molar-refractivity contribution in [2.45, 2.75) is 25.9 Å². The van der Waals surface area contributed by atoms with Crippen molar-refractivity contribution < 1.29 is 18.3 Å². The summed E-state index contributed by atoms with van der Waals surface area (Å²) in [5.74, 6) is -2.16. The van der Waals surface area contributed by atoms with Crippen LogP contribution in [0.25, 0.3) is 0 Å². The number of nitrogen functional groups attached to an aromatic ring is 1. The second-order valence-corrected chi connectivity index (χ2v) is 4.84. The molecule has 1 aliphatic heterocycles. The Bertz CT molecular complexity index is 502. The predicted molar refractivity (Wildman–Crippen MR) is 71.3 cm³/mol. The number of carbonyl (C=O) groups is 1. The lowest BCUT2D eigenvalue weighted by atomic mass is 10.1.